The molecular formula is C10H10BrN. The number of benzene rings is 1. The van der Waals surface area contributed by atoms with Crippen LogP contribution in [0.1, 0.15) is 23.6 Å². The molecule has 12 heavy (non-hydrogen) atoms. The van der Waals surface area contributed by atoms with E-state index in [0.29, 0.717) is 0 Å². The summed E-state index contributed by atoms with van der Waals surface area (Å²) in [6.45, 7) is 2.10. The van der Waals surface area contributed by atoms with Crippen molar-refractivity contribution in [3.8, 4) is 6.07 Å². The molecule has 1 rings (SSSR count). The largest absolute Gasteiger partial charge is 0.192 e. The molecule has 0 bridgehead atoms. The van der Waals surface area contributed by atoms with Crippen molar-refractivity contribution in [3.05, 3.63) is 34.9 Å². The minimum atomic E-state index is 0.764. The Morgan fingerprint density at radius 2 is 2.25 bits per heavy atom. The quantitative estimate of drug-likeness (QED) is 0.708. The van der Waals surface area contributed by atoms with Crippen molar-refractivity contribution in [1.82, 2.24) is 0 Å². The first kappa shape index (κ1) is 9.28. The van der Waals surface area contributed by atoms with Gasteiger partial charge in [0.1, 0.15) is 0 Å². The van der Waals surface area contributed by atoms with E-state index in [1.807, 2.05) is 12.1 Å². The standard InChI is InChI=1S/C10H10BrN/c1-2-8-4-3-5-9(7-12)10(8)6-11/h3-5H,2,6H2,1H3. The van der Waals surface area contributed by atoms with Crippen LogP contribution in [-0.4, -0.2) is 0 Å². The van der Waals surface area contributed by atoms with Gasteiger partial charge < -0.3 is 0 Å². The van der Waals surface area contributed by atoms with Crippen molar-refractivity contribution < 1.29 is 0 Å². The van der Waals surface area contributed by atoms with E-state index >= 15 is 0 Å². The molecule has 0 unspecified atom stereocenters. The summed E-state index contributed by atoms with van der Waals surface area (Å²) in [4.78, 5) is 0. The molecule has 1 aromatic rings. The monoisotopic (exact) mass is 223 g/mol. The third-order valence-electron chi connectivity index (χ3n) is 1.91. The number of rotatable bonds is 2. The lowest BCUT2D eigenvalue weighted by Crippen LogP contribution is -1.92. The van der Waals surface area contributed by atoms with Crippen LogP contribution in [0, 0.1) is 11.3 Å². The summed E-state index contributed by atoms with van der Waals surface area (Å²) < 4.78 is 0. The van der Waals surface area contributed by atoms with Crippen molar-refractivity contribution in [2.24, 2.45) is 0 Å². The normalized spacial score (nSPS) is 9.42. The highest BCUT2D eigenvalue weighted by molar-refractivity contribution is 9.08. The lowest BCUT2D eigenvalue weighted by Gasteiger charge is -2.05. The van der Waals surface area contributed by atoms with Gasteiger partial charge in [0.15, 0.2) is 0 Å². The van der Waals surface area contributed by atoms with E-state index in [1.165, 1.54) is 5.56 Å². The fourth-order valence-corrected chi connectivity index (χ4v) is 1.89. The maximum atomic E-state index is 8.80. The fraction of sp³-hybridized carbons (Fsp3) is 0.300. The van der Waals surface area contributed by atoms with E-state index in [2.05, 4.69) is 35.0 Å². The molecule has 0 N–H and O–H groups in total. The lowest BCUT2D eigenvalue weighted by atomic mass is 10.0. The number of hydrogen-bond donors (Lipinski definition) is 0. The second-order valence-electron chi connectivity index (χ2n) is 2.54. The maximum absolute atomic E-state index is 8.80. The summed E-state index contributed by atoms with van der Waals surface area (Å²) in [6.07, 6.45) is 0.983. The van der Waals surface area contributed by atoms with Gasteiger partial charge in [-0.3, -0.25) is 0 Å². The van der Waals surface area contributed by atoms with Crippen LogP contribution in [0.15, 0.2) is 18.2 Å². The van der Waals surface area contributed by atoms with Crippen LogP contribution in [0.25, 0.3) is 0 Å². The van der Waals surface area contributed by atoms with Gasteiger partial charge in [0.2, 0.25) is 0 Å². The van der Waals surface area contributed by atoms with Crippen molar-refractivity contribution in [2.75, 3.05) is 0 Å². The highest BCUT2D eigenvalue weighted by Crippen LogP contribution is 2.17. The number of nitrogens with zero attached hydrogens (tertiary/aromatic N) is 1. The van der Waals surface area contributed by atoms with Crippen molar-refractivity contribution in [3.63, 3.8) is 0 Å². The van der Waals surface area contributed by atoms with Crippen LogP contribution in [0.3, 0.4) is 0 Å². The van der Waals surface area contributed by atoms with Crippen LogP contribution in [0.4, 0.5) is 0 Å². The molecule has 0 aliphatic rings. The third-order valence-corrected chi connectivity index (χ3v) is 2.47. The molecule has 0 saturated heterocycles. The number of alkyl halides is 1. The van der Waals surface area contributed by atoms with Gasteiger partial charge in [0.25, 0.3) is 0 Å². The highest BCUT2D eigenvalue weighted by atomic mass is 79.9. The molecule has 0 aliphatic heterocycles. The highest BCUT2D eigenvalue weighted by Gasteiger charge is 2.03. The number of hydrogen-bond acceptors (Lipinski definition) is 1. The van der Waals surface area contributed by atoms with Gasteiger partial charge in [-0.25, -0.2) is 0 Å². The first-order valence-corrected chi connectivity index (χ1v) is 5.02. The van der Waals surface area contributed by atoms with Gasteiger partial charge in [0, 0.05) is 5.33 Å². The molecule has 2 heteroatoms. The van der Waals surface area contributed by atoms with E-state index < -0.39 is 0 Å². The Hall–Kier alpha value is -0.810. The molecule has 0 heterocycles. The van der Waals surface area contributed by atoms with Crippen molar-refractivity contribution in [1.29, 1.82) is 5.26 Å². The molecule has 0 amide bonds. The first-order chi connectivity index (χ1) is 5.83. The maximum Gasteiger partial charge on any atom is 0.0994 e. The Morgan fingerprint density at radius 3 is 2.75 bits per heavy atom. The molecule has 1 aromatic carbocycles. The van der Waals surface area contributed by atoms with Crippen molar-refractivity contribution >= 4 is 15.9 Å². The zero-order valence-electron chi connectivity index (χ0n) is 6.97. The molecule has 0 saturated carbocycles. The van der Waals surface area contributed by atoms with E-state index in [1.54, 1.807) is 0 Å². The van der Waals surface area contributed by atoms with Gasteiger partial charge >= 0.3 is 0 Å². The average Bonchev–Trinajstić information content (AvgIpc) is 2.16. The van der Waals surface area contributed by atoms with Crippen LogP contribution in [0.2, 0.25) is 0 Å². The Bertz CT molecular complexity index is 312. The minimum Gasteiger partial charge on any atom is -0.192 e. The number of nitriles is 1. The number of halogens is 1. The molecule has 1 nitrogen and oxygen atoms in total. The second-order valence-corrected chi connectivity index (χ2v) is 3.10. The summed E-state index contributed by atoms with van der Waals surface area (Å²) in [6, 6.07) is 8.05. The van der Waals surface area contributed by atoms with Crippen LogP contribution in [0.5, 0.6) is 0 Å². The van der Waals surface area contributed by atoms with Gasteiger partial charge in [-0.05, 0) is 23.6 Å². The average molecular weight is 224 g/mol. The third kappa shape index (κ3) is 1.67. The Morgan fingerprint density at radius 1 is 1.50 bits per heavy atom. The molecule has 0 aromatic heterocycles. The minimum absolute atomic E-state index is 0.764. The van der Waals surface area contributed by atoms with Gasteiger partial charge in [0.05, 0.1) is 11.6 Å². The Kier molecular flexibility index (Phi) is 3.31. The lowest BCUT2D eigenvalue weighted by molar-refractivity contribution is 1.10. The van der Waals surface area contributed by atoms with Crippen LogP contribution < -0.4 is 0 Å². The first-order valence-electron chi connectivity index (χ1n) is 3.90. The Labute approximate surface area is 81.2 Å². The molecule has 0 spiro atoms. The van der Waals surface area contributed by atoms with Gasteiger partial charge in [-0.15, -0.1) is 0 Å². The molecule has 0 radical (unpaired) electrons. The zero-order chi connectivity index (χ0) is 8.97. The van der Waals surface area contributed by atoms with Crippen molar-refractivity contribution in [2.45, 2.75) is 18.7 Å². The summed E-state index contributed by atoms with van der Waals surface area (Å²) in [5.74, 6) is 0. The van der Waals surface area contributed by atoms with Crippen LogP contribution in [-0.2, 0) is 11.8 Å². The number of aryl methyl sites for hydroxylation is 1. The van der Waals surface area contributed by atoms with Crippen LogP contribution >= 0.6 is 15.9 Å². The second kappa shape index (κ2) is 4.27. The smallest absolute Gasteiger partial charge is 0.0994 e. The SMILES string of the molecule is CCc1cccc(C#N)c1CBr. The van der Waals surface area contributed by atoms with Gasteiger partial charge in [-0.1, -0.05) is 35.0 Å². The van der Waals surface area contributed by atoms with E-state index in [-0.39, 0.29) is 0 Å². The van der Waals surface area contributed by atoms with Gasteiger partial charge in [-0.2, -0.15) is 5.26 Å². The topological polar surface area (TPSA) is 23.8 Å². The molecular weight excluding hydrogens is 214 g/mol. The fourth-order valence-electron chi connectivity index (χ4n) is 1.23. The molecule has 0 atom stereocenters. The van der Waals surface area contributed by atoms with E-state index in [4.69, 9.17) is 5.26 Å². The summed E-state index contributed by atoms with van der Waals surface area (Å²) in [7, 11) is 0. The van der Waals surface area contributed by atoms with E-state index in [9.17, 15) is 0 Å². The predicted molar refractivity (Wildman–Crippen MR) is 53.2 cm³/mol. The Balaban J connectivity index is 3.24. The molecule has 0 fully saturated rings. The summed E-state index contributed by atoms with van der Waals surface area (Å²) in [5.41, 5.74) is 3.17. The molecule has 62 valence electrons. The summed E-state index contributed by atoms with van der Waals surface area (Å²) >= 11 is 3.39. The summed E-state index contributed by atoms with van der Waals surface area (Å²) in [5, 5.41) is 9.56. The molecule has 0 aliphatic carbocycles. The zero-order valence-corrected chi connectivity index (χ0v) is 8.56. The predicted octanol–water partition coefficient (Wildman–Crippen LogP) is 3.02. The van der Waals surface area contributed by atoms with E-state index in [0.717, 1.165) is 22.9 Å².